The fourth-order valence-electron chi connectivity index (χ4n) is 2.61. The monoisotopic (exact) mass is 269 g/mol. The van der Waals surface area contributed by atoms with Crippen LogP contribution in [0.3, 0.4) is 0 Å². The van der Waals surface area contributed by atoms with E-state index in [0.717, 1.165) is 0 Å². The molecule has 19 heavy (non-hydrogen) atoms. The Morgan fingerprint density at radius 2 is 1.84 bits per heavy atom. The van der Waals surface area contributed by atoms with Gasteiger partial charge in [-0.1, -0.05) is 6.07 Å². The number of hydrogen-bond donors (Lipinski definition) is 1. The number of methoxy groups -OCH3 is 2. The van der Waals surface area contributed by atoms with Gasteiger partial charge in [0.05, 0.1) is 6.10 Å². The molecule has 5 heteroatoms. The van der Waals surface area contributed by atoms with Gasteiger partial charge in [0.2, 0.25) is 0 Å². The van der Waals surface area contributed by atoms with Crippen molar-refractivity contribution in [2.75, 3.05) is 32.2 Å². The zero-order valence-electron chi connectivity index (χ0n) is 11.5. The summed E-state index contributed by atoms with van der Waals surface area (Å²) < 4.78 is 24.6. The number of benzene rings is 1. The van der Waals surface area contributed by atoms with Crippen LogP contribution >= 0.6 is 0 Å². The van der Waals surface area contributed by atoms with Gasteiger partial charge in [-0.15, -0.1) is 0 Å². The van der Waals surface area contributed by atoms with Crippen LogP contribution in [-0.2, 0) is 9.47 Å². The summed E-state index contributed by atoms with van der Waals surface area (Å²) in [5.74, 6) is -0.387. The van der Waals surface area contributed by atoms with E-state index in [2.05, 4.69) is 0 Å². The fraction of sp³-hybridized carbons (Fsp3) is 0.571. The Hall–Kier alpha value is -1.17. The van der Waals surface area contributed by atoms with E-state index >= 15 is 0 Å². The molecule has 1 N–H and O–H groups in total. The van der Waals surface area contributed by atoms with Crippen molar-refractivity contribution in [3.63, 3.8) is 0 Å². The molecule has 2 rings (SSSR count). The van der Waals surface area contributed by atoms with Crippen LogP contribution < -0.4 is 4.90 Å². The Morgan fingerprint density at radius 3 is 2.32 bits per heavy atom. The van der Waals surface area contributed by atoms with Gasteiger partial charge in [0, 0.05) is 38.6 Å². The van der Waals surface area contributed by atoms with Crippen molar-refractivity contribution in [3.8, 4) is 0 Å². The van der Waals surface area contributed by atoms with Gasteiger partial charge in [-0.3, -0.25) is 0 Å². The molecule has 0 bridgehead atoms. The second-order valence-electron chi connectivity index (χ2n) is 4.80. The second kappa shape index (κ2) is 5.86. The molecule has 106 valence electrons. The van der Waals surface area contributed by atoms with Gasteiger partial charge >= 0.3 is 0 Å². The topological polar surface area (TPSA) is 41.9 Å². The summed E-state index contributed by atoms with van der Waals surface area (Å²) in [5.41, 5.74) is 1.03. The molecule has 3 unspecified atom stereocenters. The third-order valence-corrected chi connectivity index (χ3v) is 3.61. The maximum absolute atomic E-state index is 13.9. The highest BCUT2D eigenvalue weighted by atomic mass is 19.1. The molecule has 1 saturated heterocycles. The van der Waals surface area contributed by atoms with Crippen molar-refractivity contribution < 1.29 is 19.0 Å². The number of anilines is 1. The molecular formula is C14H20FNO3. The largest absolute Gasteiger partial charge is 0.389 e. The second-order valence-corrected chi connectivity index (χ2v) is 4.80. The first kappa shape index (κ1) is 14.2. The van der Waals surface area contributed by atoms with Crippen LogP contribution in [0.5, 0.6) is 0 Å². The maximum Gasteiger partial charge on any atom is 0.131 e. The van der Waals surface area contributed by atoms with Gasteiger partial charge in [0.1, 0.15) is 18.0 Å². The van der Waals surface area contributed by atoms with E-state index in [1.165, 1.54) is 6.07 Å². The van der Waals surface area contributed by atoms with Gasteiger partial charge in [-0.2, -0.15) is 0 Å². The van der Waals surface area contributed by atoms with E-state index in [1.54, 1.807) is 27.2 Å². The van der Waals surface area contributed by atoms with Crippen molar-refractivity contribution in [3.05, 3.63) is 29.6 Å². The van der Waals surface area contributed by atoms with E-state index in [1.807, 2.05) is 11.0 Å². The Labute approximate surface area is 112 Å². The molecule has 0 aliphatic carbocycles. The van der Waals surface area contributed by atoms with Crippen LogP contribution in [0.15, 0.2) is 18.2 Å². The first-order chi connectivity index (χ1) is 9.08. The smallest absolute Gasteiger partial charge is 0.131 e. The molecule has 1 fully saturated rings. The molecule has 0 amide bonds. The maximum atomic E-state index is 13.9. The van der Waals surface area contributed by atoms with Gasteiger partial charge < -0.3 is 19.5 Å². The molecule has 3 atom stereocenters. The highest BCUT2D eigenvalue weighted by Gasteiger charge is 2.34. The molecule has 0 radical (unpaired) electrons. The number of ether oxygens (including phenoxy) is 2. The van der Waals surface area contributed by atoms with Crippen LogP contribution in [0.4, 0.5) is 10.1 Å². The van der Waals surface area contributed by atoms with E-state index in [0.29, 0.717) is 24.3 Å². The van der Waals surface area contributed by atoms with Crippen LogP contribution in [0.2, 0.25) is 0 Å². The molecule has 0 aromatic heterocycles. The molecule has 1 aromatic rings. The minimum Gasteiger partial charge on any atom is -0.389 e. The van der Waals surface area contributed by atoms with E-state index in [9.17, 15) is 9.50 Å². The molecule has 1 aliphatic heterocycles. The van der Waals surface area contributed by atoms with Gasteiger partial charge in [-0.05, 0) is 19.1 Å². The van der Waals surface area contributed by atoms with Crippen molar-refractivity contribution in [1.82, 2.24) is 0 Å². The summed E-state index contributed by atoms with van der Waals surface area (Å²) >= 11 is 0. The Kier molecular flexibility index (Phi) is 4.39. The van der Waals surface area contributed by atoms with Crippen molar-refractivity contribution in [2.45, 2.75) is 25.2 Å². The van der Waals surface area contributed by atoms with Crippen LogP contribution in [-0.4, -0.2) is 44.6 Å². The summed E-state index contributed by atoms with van der Waals surface area (Å²) in [5, 5.41) is 9.76. The average Bonchev–Trinajstić information content (AvgIpc) is 2.81. The van der Waals surface area contributed by atoms with E-state index in [-0.39, 0.29) is 18.0 Å². The van der Waals surface area contributed by atoms with Crippen molar-refractivity contribution >= 4 is 5.69 Å². The van der Waals surface area contributed by atoms with Crippen LogP contribution in [0, 0.1) is 5.82 Å². The van der Waals surface area contributed by atoms with E-state index < -0.39 is 6.10 Å². The highest BCUT2D eigenvalue weighted by molar-refractivity contribution is 5.56. The number of aliphatic hydroxyl groups excluding tert-OH is 1. The SMILES string of the molecule is COC1CN(c2cccc(F)c2C(C)O)CC1OC. The summed E-state index contributed by atoms with van der Waals surface area (Å²) in [6.07, 6.45) is -0.941. The lowest BCUT2D eigenvalue weighted by Gasteiger charge is -2.23. The summed E-state index contributed by atoms with van der Waals surface area (Å²) in [7, 11) is 3.28. The number of hydrogen-bond acceptors (Lipinski definition) is 4. The lowest BCUT2D eigenvalue weighted by molar-refractivity contribution is -0.00461. The average molecular weight is 269 g/mol. The van der Waals surface area contributed by atoms with Gasteiger partial charge in [0.25, 0.3) is 0 Å². The van der Waals surface area contributed by atoms with Gasteiger partial charge in [0.15, 0.2) is 0 Å². The molecule has 0 spiro atoms. The number of rotatable bonds is 4. The Morgan fingerprint density at radius 1 is 1.26 bits per heavy atom. The first-order valence-electron chi connectivity index (χ1n) is 6.35. The summed E-state index contributed by atoms with van der Waals surface area (Å²) in [4.78, 5) is 1.99. The summed E-state index contributed by atoms with van der Waals surface area (Å²) in [6, 6.07) is 4.83. The molecule has 4 nitrogen and oxygen atoms in total. The third kappa shape index (κ3) is 2.73. The molecule has 1 aliphatic rings. The van der Waals surface area contributed by atoms with E-state index in [4.69, 9.17) is 9.47 Å². The minimum atomic E-state index is -0.848. The predicted octanol–water partition coefficient (Wildman–Crippen LogP) is 1.73. The summed E-state index contributed by atoms with van der Waals surface area (Å²) in [6.45, 7) is 2.82. The van der Waals surface area contributed by atoms with Crippen molar-refractivity contribution in [2.24, 2.45) is 0 Å². The third-order valence-electron chi connectivity index (χ3n) is 3.61. The quantitative estimate of drug-likeness (QED) is 0.904. The van der Waals surface area contributed by atoms with Crippen molar-refractivity contribution in [1.29, 1.82) is 0 Å². The van der Waals surface area contributed by atoms with Gasteiger partial charge in [-0.25, -0.2) is 4.39 Å². The predicted molar refractivity (Wildman–Crippen MR) is 70.8 cm³/mol. The van der Waals surface area contributed by atoms with Crippen LogP contribution in [0.1, 0.15) is 18.6 Å². The highest BCUT2D eigenvalue weighted by Crippen LogP contribution is 2.32. The lowest BCUT2D eigenvalue weighted by atomic mass is 10.1. The first-order valence-corrected chi connectivity index (χ1v) is 6.35. The number of aliphatic hydroxyl groups is 1. The standard InChI is InChI=1S/C14H20FNO3/c1-9(17)14-10(15)5-4-6-11(14)16-7-12(18-2)13(8-16)19-3/h4-6,9,12-13,17H,7-8H2,1-3H3. The fourth-order valence-corrected chi connectivity index (χ4v) is 2.61. The zero-order valence-corrected chi connectivity index (χ0v) is 11.5. The Bertz CT molecular complexity index is 427. The number of halogens is 1. The zero-order chi connectivity index (χ0) is 14.0. The molecule has 0 saturated carbocycles. The normalized spacial score (nSPS) is 24.8. The lowest BCUT2D eigenvalue weighted by Crippen LogP contribution is -2.27. The Balaban J connectivity index is 2.31. The number of nitrogens with zero attached hydrogens (tertiary/aromatic N) is 1. The molecule has 1 aromatic carbocycles. The molecule has 1 heterocycles. The molecular weight excluding hydrogens is 249 g/mol. The minimum absolute atomic E-state index is 0.0462. The van der Waals surface area contributed by atoms with Crippen LogP contribution in [0.25, 0.3) is 0 Å².